The predicted octanol–water partition coefficient (Wildman–Crippen LogP) is 8.40. The van der Waals surface area contributed by atoms with Crippen molar-refractivity contribution in [2.45, 2.75) is 88.6 Å². The second-order valence-electron chi connectivity index (χ2n) is 16.7. The van der Waals surface area contributed by atoms with Gasteiger partial charge in [-0.2, -0.15) is 29.3 Å². The SMILES string of the molecule is COc1cc(C)ccc1C(NC(=O)C(CC(=O)CCCC[C@@H]1SCC2NC(=O)NC21)CC(=O)Oc1c(F)c(F)c(F)c(F)c1F)c1ccc(OCC(=O)CCC(=O)Oc2c(F)c(F)c(C)c(F)c2F)cc1. The molecule has 2 heterocycles. The van der Waals surface area contributed by atoms with Gasteiger partial charge >= 0.3 is 18.0 Å². The number of hydrogen-bond donors (Lipinski definition) is 3. The first-order valence-electron chi connectivity index (χ1n) is 21.8. The van der Waals surface area contributed by atoms with Crippen LogP contribution in [0.15, 0.2) is 42.5 Å². The molecule has 4 unspecified atom stereocenters. The Balaban J connectivity index is 1.15. The van der Waals surface area contributed by atoms with E-state index in [1.807, 2.05) is 0 Å². The fourth-order valence-corrected chi connectivity index (χ4v) is 9.39. The van der Waals surface area contributed by atoms with Gasteiger partial charge in [0.15, 0.2) is 17.4 Å². The number of nitrogens with one attached hydrogen (secondary N) is 3. The second kappa shape index (κ2) is 23.4. The van der Waals surface area contributed by atoms with Crippen molar-refractivity contribution in [3.8, 4) is 23.0 Å². The minimum absolute atomic E-state index is 0.0203. The topological polar surface area (TPSA) is 175 Å². The van der Waals surface area contributed by atoms with Crippen LogP contribution in [0.1, 0.15) is 79.7 Å². The van der Waals surface area contributed by atoms with Gasteiger partial charge < -0.3 is 34.9 Å². The summed E-state index contributed by atoms with van der Waals surface area (Å²) in [6.45, 7) is 1.90. The number of ketones is 2. The van der Waals surface area contributed by atoms with Crippen LogP contribution in [0, 0.1) is 72.1 Å². The summed E-state index contributed by atoms with van der Waals surface area (Å²) in [5.74, 6) is -28.8. The van der Waals surface area contributed by atoms with Crippen LogP contribution in [0.2, 0.25) is 0 Å². The number of esters is 2. The lowest BCUT2D eigenvalue weighted by Gasteiger charge is -2.25. The van der Waals surface area contributed by atoms with E-state index in [0.29, 0.717) is 36.1 Å². The predicted molar refractivity (Wildman–Crippen MR) is 234 cm³/mol. The Hall–Kier alpha value is -6.78. The molecule has 0 bridgehead atoms. The number of carbonyl (C=O) groups is 6. The summed E-state index contributed by atoms with van der Waals surface area (Å²) in [5, 5.41) is 8.57. The van der Waals surface area contributed by atoms with Crippen LogP contribution in [-0.4, -0.2) is 72.2 Å². The number of halogens is 9. The third-order valence-corrected chi connectivity index (χ3v) is 13.2. The van der Waals surface area contributed by atoms with Gasteiger partial charge in [0, 0.05) is 41.4 Å². The van der Waals surface area contributed by atoms with E-state index in [1.165, 1.54) is 31.4 Å². The molecule has 23 heteroatoms. The Labute approximate surface area is 403 Å². The van der Waals surface area contributed by atoms with Crippen molar-refractivity contribution in [1.82, 2.24) is 16.0 Å². The van der Waals surface area contributed by atoms with E-state index in [-0.39, 0.29) is 41.3 Å². The van der Waals surface area contributed by atoms with Crippen molar-refractivity contribution in [2.24, 2.45) is 5.92 Å². The van der Waals surface area contributed by atoms with Crippen LogP contribution in [0.5, 0.6) is 23.0 Å². The molecule has 0 aromatic heterocycles. The molecule has 4 aromatic carbocycles. The van der Waals surface area contributed by atoms with Gasteiger partial charge in [-0.15, -0.1) is 0 Å². The number of thioether (sulfide) groups is 1. The number of aryl methyl sites for hydroxylation is 1. The number of carbonyl (C=O) groups excluding carboxylic acids is 6. The standard InChI is InChI=1S/C48H44F9N3O10S/c1-21-8-14-28(30(16-21)67-3)43(23-9-12-27(13-10-23)68-19-26(62)11-15-32(63)69-45-39(54)34(49)22(2)35(50)40(45)55)59-47(65)24(18-33(64)70-46-41(56)37(52)36(51)38(53)42(46)57)17-25(61)6-4-5-7-31-44-29(20-71-31)58-48(66)60-44/h8-10,12-14,16,24,29,31,43-44H,4-7,11,15,17-20H2,1-3H3,(H,59,65)(H2,58,60,66)/t24?,29?,31-,43?,44?/m0/s1. The van der Waals surface area contributed by atoms with Crippen molar-refractivity contribution in [1.29, 1.82) is 0 Å². The Morgan fingerprint density at radius 1 is 0.704 bits per heavy atom. The van der Waals surface area contributed by atoms with Gasteiger partial charge in [0.2, 0.25) is 58.1 Å². The zero-order valence-electron chi connectivity index (χ0n) is 37.9. The minimum Gasteiger partial charge on any atom is -0.496 e. The molecule has 0 spiro atoms. The molecule has 0 radical (unpaired) electrons. The summed E-state index contributed by atoms with van der Waals surface area (Å²) < 4.78 is 147. The molecule has 71 heavy (non-hydrogen) atoms. The number of urea groups is 1. The molecule has 4 aromatic rings. The average molecular weight is 1030 g/mol. The normalized spacial score (nSPS) is 16.8. The summed E-state index contributed by atoms with van der Waals surface area (Å²) in [7, 11) is 1.35. The summed E-state index contributed by atoms with van der Waals surface area (Å²) in [4.78, 5) is 77.6. The van der Waals surface area contributed by atoms with Crippen LogP contribution in [-0.2, 0) is 24.0 Å². The lowest BCUT2D eigenvalue weighted by Crippen LogP contribution is -2.37. The highest BCUT2D eigenvalue weighted by Crippen LogP contribution is 2.36. The number of unbranched alkanes of at least 4 members (excludes halogenated alkanes) is 1. The second-order valence-corrected chi connectivity index (χ2v) is 17.9. The van der Waals surface area contributed by atoms with E-state index in [2.05, 4.69) is 25.4 Å². The number of fused-ring (bicyclic) bond motifs is 1. The van der Waals surface area contributed by atoms with Crippen LogP contribution < -0.4 is 34.9 Å². The summed E-state index contributed by atoms with van der Waals surface area (Å²) in [6.07, 6.45) is -1.57. The molecule has 6 rings (SSSR count). The Bertz CT molecular complexity index is 2670. The maximum absolute atomic E-state index is 14.5. The van der Waals surface area contributed by atoms with Gasteiger partial charge in [-0.25, -0.2) is 26.7 Å². The fraction of sp³-hybridized carbons (Fsp3) is 0.375. The number of amides is 3. The summed E-state index contributed by atoms with van der Waals surface area (Å²) in [5.41, 5.74) is 0.432. The molecule has 2 aliphatic rings. The number of rotatable bonds is 22. The molecular formula is C48H44F9N3O10S. The molecular weight excluding hydrogens is 982 g/mol. The first-order valence-corrected chi connectivity index (χ1v) is 22.9. The van der Waals surface area contributed by atoms with E-state index < -0.39 is 143 Å². The number of methoxy groups -OCH3 is 1. The van der Waals surface area contributed by atoms with Crippen molar-refractivity contribution in [3.05, 3.63) is 117 Å². The lowest BCUT2D eigenvalue weighted by atomic mass is 9.92. The van der Waals surface area contributed by atoms with E-state index in [4.69, 9.17) is 9.47 Å². The Morgan fingerprint density at radius 3 is 1.94 bits per heavy atom. The monoisotopic (exact) mass is 1030 g/mol. The molecule has 2 fully saturated rings. The zero-order chi connectivity index (χ0) is 51.8. The third kappa shape index (κ3) is 12.8. The maximum Gasteiger partial charge on any atom is 0.315 e. The zero-order valence-corrected chi connectivity index (χ0v) is 38.7. The average Bonchev–Trinajstić information content (AvgIpc) is 3.92. The van der Waals surface area contributed by atoms with Crippen molar-refractivity contribution >= 4 is 47.2 Å². The van der Waals surface area contributed by atoms with Crippen LogP contribution >= 0.6 is 11.8 Å². The van der Waals surface area contributed by atoms with E-state index in [9.17, 15) is 68.3 Å². The van der Waals surface area contributed by atoms with E-state index in [1.54, 1.807) is 36.9 Å². The highest BCUT2D eigenvalue weighted by molar-refractivity contribution is 8.00. The smallest absolute Gasteiger partial charge is 0.315 e. The van der Waals surface area contributed by atoms with Gasteiger partial charge in [0.25, 0.3) is 0 Å². The molecule has 0 saturated carbocycles. The third-order valence-electron chi connectivity index (χ3n) is 11.6. The first-order chi connectivity index (χ1) is 33.7. The molecule has 3 amide bonds. The summed E-state index contributed by atoms with van der Waals surface area (Å²) >= 11 is 1.67. The number of ether oxygens (including phenoxy) is 4. The highest BCUT2D eigenvalue weighted by Gasteiger charge is 2.42. The van der Waals surface area contributed by atoms with Gasteiger partial charge in [-0.3, -0.25) is 24.0 Å². The molecule has 13 nitrogen and oxygen atoms in total. The van der Waals surface area contributed by atoms with Gasteiger partial charge in [0.1, 0.15) is 23.9 Å². The molecule has 0 aliphatic carbocycles. The maximum atomic E-state index is 14.5. The van der Waals surface area contributed by atoms with Crippen LogP contribution in [0.25, 0.3) is 0 Å². The van der Waals surface area contributed by atoms with Gasteiger partial charge in [0.05, 0.1) is 44.0 Å². The van der Waals surface area contributed by atoms with E-state index >= 15 is 0 Å². The van der Waals surface area contributed by atoms with E-state index in [0.717, 1.165) is 12.5 Å². The molecule has 2 aliphatic heterocycles. The van der Waals surface area contributed by atoms with Crippen LogP contribution in [0.3, 0.4) is 0 Å². The Kier molecular flexibility index (Phi) is 17.7. The lowest BCUT2D eigenvalue weighted by molar-refractivity contribution is -0.140. The fourth-order valence-electron chi connectivity index (χ4n) is 7.84. The number of benzene rings is 4. The van der Waals surface area contributed by atoms with Gasteiger partial charge in [-0.05, 0) is 56.0 Å². The molecule has 3 N–H and O–H groups in total. The number of hydrogen-bond acceptors (Lipinski definition) is 11. The highest BCUT2D eigenvalue weighted by atomic mass is 32.2. The van der Waals surface area contributed by atoms with Crippen molar-refractivity contribution < 1.29 is 87.2 Å². The first kappa shape index (κ1) is 53.6. The summed E-state index contributed by atoms with van der Waals surface area (Å²) in [6, 6.07) is 9.10. The Morgan fingerprint density at radius 2 is 1.31 bits per heavy atom. The van der Waals surface area contributed by atoms with Crippen LogP contribution in [0.4, 0.5) is 44.3 Å². The number of Topliss-reactive ketones (excluding diaryl/α,β-unsaturated/α-hetero) is 2. The van der Waals surface area contributed by atoms with Crippen molar-refractivity contribution in [3.63, 3.8) is 0 Å². The molecule has 380 valence electrons. The molecule has 5 atom stereocenters. The van der Waals surface area contributed by atoms with Gasteiger partial charge in [-0.1, -0.05) is 30.7 Å². The minimum atomic E-state index is -2.50. The quantitative estimate of drug-likeness (QED) is 0.0131. The molecule has 2 saturated heterocycles. The largest absolute Gasteiger partial charge is 0.496 e. The van der Waals surface area contributed by atoms with Crippen molar-refractivity contribution in [2.75, 3.05) is 19.5 Å².